The van der Waals surface area contributed by atoms with Gasteiger partial charge in [-0.1, -0.05) is 24.6 Å². The van der Waals surface area contributed by atoms with Crippen LogP contribution in [0.5, 0.6) is 0 Å². The highest BCUT2D eigenvalue weighted by molar-refractivity contribution is 7.13. The zero-order chi connectivity index (χ0) is 13.4. The highest BCUT2D eigenvalue weighted by Crippen LogP contribution is 2.29. The zero-order valence-electron chi connectivity index (χ0n) is 10.2. The van der Waals surface area contributed by atoms with E-state index in [0.29, 0.717) is 22.8 Å². The van der Waals surface area contributed by atoms with Gasteiger partial charge in [-0.15, -0.1) is 11.3 Å². The molecular formula is C14H10ClFN2S. The molecule has 1 aromatic carbocycles. The molecule has 0 aliphatic carbocycles. The number of hydrogen-bond acceptors (Lipinski definition) is 3. The van der Waals surface area contributed by atoms with Gasteiger partial charge >= 0.3 is 0 Å². The highest BCUT2D eigenvalue weighted by atomic mass is 35.5. The highest BCUT2D eigenvalue weighted by Gasteiger charge is 2.12. The molecular weight excluding hydrogens is 283 g/mol. The SMILES string of the molecule is CCc1cc(F)cc2c(Cl)nc(-c3cccs3)nc12. The van der Waals surface area contributed by atoms with E-state index in [1.165, 1.54) is 12.1 Å². The maximum absolute atomic E-state index is 13.5. The number of aromatic nitrogens is 2. The summed E-state index contributed by atoms with van der Waals surface area (Å²) in [5.41, 5.74) is 1.57. The maximum atomic E-state index is 13.5. The molecule has 2 aromatic heterocycles. The van der Waals surface area contributed by atoms with Crippen LogP contribution in [0.1, 0.15) is 12.5 Å². The van der Waals surface area contributed by atoms with Gasteiger partial charge in [-0.3, -0.25) is 0 Å². The van der Waals surface area contributed by atoms with Gasteiger partial charge in [-0.05, 0) is 35.6 Å². The average Bonchev–Trinajstić information content (AvgIpc) is 2.92. The first-order valence-corrected chi connectivity index (χ1v) is 7.14. The first kappa shape index (κ1) is 12.5. The second kappa shape index (κ2) is 4.87. The van der Waals surface area contributed by atoms with Crippen molar-refractivity contribution < 1.29 is 4.39 Å². The Labute approximate surface area is 118 Å². The lowest BCUT2D eigenvalue weighted by atomic mass is 10.1. The molecule has 2 heterocycles. The minimum Gasteiger partial charge on any atom is -0.227 e. The summed E-state index contributed by atoms with van der Waals surface area (Å²) in [6.45, 7) is 1.97. The van der Waals surface area contributed by atoms with Gasteiger partial charge < -0.3 is 0 Å². The van der Waals surface area contributed by atoms with E-state index in [0.717, 1.165) is 16.0 Å². The minimum atomic E-state index is -0.307. The number of aryl methyl sites for hydroxylation is 1. The number of benzene rings is 1. The molecule has 0 saturated heterocycles. The smallest absolute Gasteiger partial charge is 0.171 e. The van der Waals surface area contributed by atoms with E-state index in [9.17, 15) is 4.39 Å². The van der Waals surface area contributed by atoms with Crippen LogP contribution < -0.4 is 0 Å². The van der Waals surface area contributed by atoms with Crippen molar-refractivity contribution in [3.63, 3.8) is 0 Å². The van der Waals surface area contributed by atoms with Crippen molar-refractivity contribution in [3.8, 4) is 10.7 Å². The van der Waals surface area contributed by atoms with E-state index in [-0.39, 0.29) is 5.82 Å². The van der Waals surface area contributed by atoms with Crippen molar-refractivity contribution in [1.82, 2.24) is 9.97 Å². The van der Waals surface area contributed by atoms with Gasteiger partial charge in [0, 0.05) is 5.39 Å². The molecule has 0 fully saturated rings. The summed E-state index contributed by atoms with van der Waals surface area (Å²) in [5.74, 6) is 0.285. The molecule has 0 aliphatic rings. The Morgan fingerprint density at radius 2 is 2.16 bits per heavy atom. The summed E-state index contributed by atoms with van der Waals surface area (Å²) in [7, 11) is 0. The Morgan fingerprint density at radius 1 is 1.32 bits per heavy atom. The average molecular weight is 293 g/mol. The van der Waals surface area contributed by atoms with Gasteiger partial charge in [0.2, 0.25) is 0 Å². The van der Waals surface area contributed by atoms with Crippen LogP contribution >= 0.6 is 22.9 Å². The molecule has 0 N–H and O–H groups in total. The fourth-order valence-electron chi connectivity index (χ4n) is 2.01. The number of nitrogens with zero attached hydrogens (tertiary/aromatic N) is 2. The third-order valence-corrected chi connectivity index (χ3v) is 4.07. The van der Waals surface area contributed by atoms with Crippen LogP contribution in [0.3, 0.4) is 0 Å². The zero-order valence-corrected chi connectivity index (χ0v) is 11.7. The number of rotatable bonds is 2. The molecule has 5 heteroatoms. The van der Waals surface area contributed by atoms with E-state index >= 15 is 0 Å². The second-order valence-corrected chi connectivity index (χ2v) is 5.44. The summed E-state index contributed by atoms with van der Waals surface area (Å²) >= 11 is 7.72. The summed E-state index contributed by atoms with van der Waals surface area (Å²) in [6, 6.07) is 6.77. The van der Waals surface area contributed by atoms with Crippen LogP contribution in [-0.4, -0.2) is 9.97 Å². The normalized spacial score (nSPS) is 11.1. The lowest BCUT2D eigenvalue weighted by Crippen LogP contribution is -1.95. The van der Waals surface area contributed by atoms with Gasteiger partial charge in [0.05, 0.1) is 10.4 Å². The van der Waals surface area contributed by atoms with Gasteiger partial charge in [0.15, 0.2) is 5.82 Å². The number of thiophene rings is 1. The van der Waals surface area contributed by atoms with E-state index in [4.69, 9.17) is 11.6 Å². The molecule has 0 atom stereocenters. The van der Waals surface area contributed by atoms with Crippen LogP contribution in [0.25, 0.3) is 21.6 Å². The second-order valence-electron chi connectivity index (χ2n) is 4.13. The fourth-order valence-corrected chi connectivity index (χ4v) is 2.90. The van der Waals surface area contributed by atoms with Crippen molar-refractivity contribution in [2.45, 2.75) is 13.3 Å². The standard InChI is InChI=1S/C14H10ClFN2S/c1-2-8-6-9(16)7-10-12(8)17-14(18-13(10)15)11-4-3-5-19-11/h3-7H,2H2,1H3. The molecule has 0 spiro atoms. The summed E-state index contributed by atoms with van der Waals surface area (Å²) < 4.78 is 13.5. The summed E-state index contributed by atoms with van der Waals surface area (Å²) in [6.07, 6.45) is 0.700. The van der Waals surface area contributed by atoms with E-state index < -0.39 is 0 Å². The monoisotopic (exact) mass is 292 g/mol. The van der Waals surface area contributed by atoms with Crippen molar-refractivity contribution in [3.05, 3.63) is 46.2 Å². The molecule has 0 aliphatic heterocycles. The molecule has 0 radical (unpaired) electrons. The Hall–Kier alpha value is -1.52. The van der Waals surface area contributed by atoms with Crippen LogP contribution in [0, 0.1) is 5.82 Å². The Kier molecular flexibility index (Phi) is 3.21. The molecule has 0 saturated carbocycles. The Bertz CT molecular complexity index is 741. The van der Waals surface area contributed by atoms with Crippen molar-refractivity contribution in [1.29, 1.82) is 0 Å². The predicted molar refractivity (Wildman–Crippen MR) is 77.2 cm³/mol. The Morgan fingerprint density at radius 3 is 2.84 bits per heavy atom. The predicted octanol–water partition coefficient (Wildman–Crippen LogP) is 4.71. The van der Waals surface area contributed by atoms with E-state index in [1.54, 1.807) is 11.3 Å². The van der Waals surface area contributed by atoms with Crippen LogP contribution in [-0.2, 0) is 6.42 Å². The topological polar surface area (TPSA) is 25.8 Å². The molecule has 96 valence electrons. The Balaban J connectivity index is 2.33. The van der Waals surface area contributed by atoms with Crippen LogP contribution in [0.15, 0.2) is 29.6 Å². The lowest BCUT2D eigenvalue weighted by Gasteiger charge is -2.07. The minimum absolute atomic E-state index is 0.294. The largest absolute Gasteiger partial charge is 0.227 e. The molecule has 3 aromatic rings. The fraction of sp³-hybridized carbons (Fsp3) is 0.143. The number of halogens is 2. The summed E-state index contributed by atoms with van der Waals surface area (Å²) in [4.78, 5) is 9.75. The number of fused-ring (bicyclic) bond motifs is 1. The third-order valence-electron chi connectivity index (χ3n) is 2.92. The van der Waals surface area contributed by atoms with E-state index in [1.807, 2.05) is 24.4 Å². The van der Waals surface area contributed by atoms with Gasteiger partial charge in [-0.25, -0.2) is 14.4 Å². The summed E-state index contributed by atoms with van der Waals surface area (Å²) in [5, 5.41) is 2.82. The molecule has 0 unspecified atom stereocenters. The van der Waals surface area contributed by atoms with Crippen molar-refractivity contribution in [2.75, 3.05) is 0 Å². The molecule has 3 rings (SSSR count). The van der Waals surface area contributed by atoms with Crippen LogP contribution in [0.2, 0.25) is 5.15 Å². The van der Waals surface area contributed by atoms with Crippen molar-refractivity contribution in [2.24, 2.45) is 0 Å². The van der Waals surface area contributed by atoms with Gasteiger partial charge in [0.25, 0.3) is 0 Å². The van der Waals surface area contributed by atoms with E-state index in [2.05, 4.69) is 9.97 Å². The molecule has 0 amide bonds. The first-order valence-electron chi connectivity index (χ1n) is 5.88. The quantitative estimate of drug-likeness (QED) is 0.639. The number of hydrogen-bond donors (Lipinski definition) is 0. The first-order chi connectivity index (χ1) is 9.19. The maximum Gasteiger partial charge on any atom is 0.171 e. The lowest BCUT2D eigenvalue weighted by molar-refractivity contribution is 0.627. The molecule has 0 bridgehead atoms. The third kappa shape index (κ3) is 2.22. The van der Waals surface area contributed by atoms with Gasteiger partial charge in [-0.2, -0.15) is 0 Å². The van der Waals surface area contributed by atoms with Crippen LogP contribution in [0.4, 0.5) is 4.39 Å². The van der Waals surface area contributed by atoms with Crippen molar-refractivity contribution >= 4 is 33.8 Å². The molecule has 19 heavy (non-hydrogen) atoms. The van der Waals surface area contributed by atoms with Gasteiger partial charge in [0.1, 0.15) is 11.0 Å². The molecule has 2 nitrogen and oxygen atoms in total.